The summed E-state index contributed by atoms with van der Waals surface area (Å²) < 4.78 is 13.0. The Bertz CT molecular complexity index is 594. The lowest BCUT2D eigenvalue weighted by Gasteiger charge is -2.34. The lowest BCUT2D eigenvalue weighted by Crippen LogP contribution is -2.48. The maximum Gasteiger partial charge on any atom is 0.240 e. The van der Waals surface area contributed by atoms with Crippen LogP contribution >= 0.6 is 0 Å². The number of allylic oxidation sites excluding steroid dienone is 1. The van der Waals surface area contributed by atoms with E-state index < -0.39 is 23.6 Å². The van der Waals surface area contributed by atoms with Gasteiger partial charge in [-0.15, -0.1) is 6.58 Å². The summed E-state index contributed by atoms with van der Waals surface area (Å²) in [7, 11) is 1.37. The van der Waals surface area contributed by atoms with E-state index in [2.05, 4.69) is 6.58 Å². The number of nitrogens with zero attached hydrogens (tertiary/aromatic N) is 1. The van der Waals surface area contributed by atoms with Crippen LogP contribution in [0.3, 0.4) is 0 Å². The average Bonchev–Trinajstić information content (AvgIpc) is 2.45. The maximum atomic E-state index is 13.0. The van der Waals surface area contributed by atoms with Crippen LogP contribution in [0.4, 0.5) is 4.39 Å². The Morgan fingerprint density at radius 3 is 2.57 bits per heavy atom. The molecular weight excluding hydrogens is 273 g/mol. The number of halogens is 1. The molecule has 110 valence electrons. The molecule has 2 unspecified atom stereocenters. The van der Waals surface area contributed by atoms with Crippen LogP contribution < -0.4 is 0 Å². The first-order valence-electron chi connectivity index (χ1n) is 6.65. The highest BCUT2D eigenvalue weighted by atomic mass is 19.1. The fourth-order valence-electron chi connectivity index (χ4n) is 2.60. The van der Waals surface area contributed by atoms with Gasteiger partial charge in [-0.25, -0.2) is 4.39 Å². The Morgan fingerprint density at radius 1 is 1.38 bits per heavy atom. The fraction of sp³-hybridized carbons (Fsp3) is 0.312. The molecule has 0 spiro atoms. The van der Waals surface area contributed by atoms with E-state index >= 15 is 0 Å². The predicted octanol–water partition coefficient (Wildman–Crippen LogP) is 2.06. The van der Waals surface area contributed by atoms with Crippen LogP contribution in [-0.4, -0.2) is 29.5 Å². The summed E-state index contributed by atoms with van der Waals surface area (Å²) in [6, 6.07) is 5.55. The van der Waals surface area contributed by atoms with Gasteiger partial charge in [-0.2, -0.15) is 0 Å². The second kappa shape index (κ2) is 5.99. The van der Waals surface area contributed by atoms with Crippen LogP contribution in [-0.2, 0) is 14.4 Å². The molecule has 0 N–H and O–H groups in total. The molecule has 0 bridgehead atoms. The zero-order valence-electron chi connectivity index (χ0n) is 11.7. The standard InChI is InChI=1S/C16H16FNO3/c1-3-4-13(19)15-12(9-14(20)18(2)16(15)21)10-5-7-11(17)8-6-10/h3,5-8,12,15H,1,4,9H2,2H3. The lowest BCUT2D eigenvalue weighted by molar-refractivity contribution is -0.153. The molecule has 21 heavy (non-hydrogen) atoms. The zero-order chi connectivity index (χ0) is 15.6. The molecule has 1 aliphatic heterocycles. The SMILES string of the molecule is C=CCC(=O)C1C(=O)N(C)C(=O)CC1c1ccc(F)cc1. The van der Waals surface area contributed by atoms with Crippen molar-refractivity contribution in [3.63, 3.8) is 0 Å². The average molecular weight is 289 g/mol. The Kier molecular flexibility index (Phi) is 4.31. The van der Waals surface area contributed by atoms with Crippen molar-refractivity contribution in [1.29, 1.82) is 0 Å². The third-order valence-corrected chi connectivity index (χ3v) is 3.76. The second-order valence-electron chi connectivity index (χ2n) is 5.09. The van der Waals surface area contributed by atoms with Crippen molar-refractivity contribution < 1.29 is 18.8 Å². The number of carbonyl (C=O) groups is 3. The summed E-state index contributed by atoms with van der Waals surface area (Å²) in [5, 5.41) is 0. The van der Waals surface area contributed by atoms with Crippen LogP contribution in [0.2, 0.25) is 0 Å². The molecule has 1 aliphatic rings. The molecule has 0 radical (unpaired) electrons. The van der Waals surface area contributed by atoms with Gasteiger partial charge in [-0.1, -0.05) is 18.2 Å². The van der Waals surface area contributed by atoms with Crippen molar-refractivity contribution in [3.8, 4) is 0 Å². The smallest absolute Gasteiger partial charge is 0.240 e. The van der Waals surface area contributed by atoms with Crippen LogP contribution in [0.5, 0.6) is 0 Å². The van der Waals surface area contributed by atoms with E-state index in [0.717, 1.165) is 4.90 Å². The topological polar surface area (TPSA) is 54.5 Å². The van der Waals surface area contributed by atoms with Gasteiger partial charge in [0.2, 0.25) is 11.8 Å². The monoisotopic (exact) mass is 289 g/mol. The van der Waals surface area contributed by atoms with E-state index in [0.29, 0.717) is 5.56 Å². The Balaban J connectivity index is 2.40. The molecule has 1 aromatic carbocycles. The number of Topliss-reactive ketones (excluding diaryl/α,β-unsaturated/α-hetero) is 1. The van der Waals surface area contributed by atoms with E-state index in [1.807, 2.05) is 0 Å². The Hall–Kier alpha value is -2.30. The number of benzene rings is 1. The molecule has 2 amide bonds. The van der Waals surface area contributed by atoms with E-state index in [-0.39, 0.29) is 24.5 Å². The van der Waals surface area contributed by atoms with Crippen molar-refractivity contribution in [2.75, 3.05) is 7.05 Å². The zero-order valence-corrected chi connectivity index (χ0v) is 11.7. The Labute approximate surface area is 122 Å². The van der Waals surface area contributed by atoms with Gasteiger partial charge < -0.3 is 0 Å². The van der Waals surface area contributed by atoms with Crippen LogP contribution in [0.25, 0.3) is 0 Å². The first-order valence-corrected chi connectivity index (χ1v) is 6.65. The summed E-state index contributed by atoms with van der Waals surface area (Å²) in [4.78, 5) is 37.4. The number of rotatable bonds is 4. The largest absolute Gasteiger partial charge is 0.298 e. The summed E-state index contributed by atoms with van der Waals surface area (Å²) in [5.74, 6) is -2.99. The van der Waals surface area contributed by atoms with Gasteiger partial charge in [0.05, 0.1) is 0 Å². The second-order valence-corrected chi connectivity index (χ2v) is 5.09. The molecule has 0 aromatic heterocycles. The molecule has 4 nitrogen and oxygen atoms in total. The van der Waals surface area contributed by atoms with Gasteiger partial charge >= 0.3 is 0 Å². The summed E-state index contributed by atoms with van der Waals surface area (Å²) in [6.07, 6.45) is 1.56. The van der Waals surface area contributed by atoms with Gasteiger partial charge in [0.1, 0.15) is 17.5 Å². The summed E-state index contributed by atoms with van der Waals surface area (Å²) in [5.41, 5.74) is 0.619. The lowest BCUT2D eigenvalue weighted by atomic mass is 9.77. The summed E-state index contributed by atoms with van der Waals surface area (Å²) >= 11 is 0. The maximum absolute atomic E-state index is 13.0. The van der Waals surface area contributed by atoms with Crippen LogP contribution in [0.15, 0.2) is 36.9 Å². The molecule has 1 aromatic rings. The van der Waals surface area contributed by atoms with Crippen molar-refractivity contribution in [1.82, 2.24) is 4.90 Å². The predicted molar refractivity (Wildman–Crippen MR) is 74.8 cm³/mol. The van der Waals surface area contributed by atoms with Crippen molar-refractivity contribution in [2.24, 2.45) is 5.92 Å². The third-order valence-electron chi connectivity index (χ3n) is 3.76. The molecule has 1 heterocycles. The minimum atomic E-state index is -0.920. The highest BCUT2D eigenvalue weighted by Gasteiger charge is 2.43. The third kappa shape index (κ3) is 2.91. The van der Waals surface area contributed by atoms with Crippen molar-refractivity contribution in [2.45, 2.75) is 18.8 Å². The number of likely N-dealkylation sites (tertiary alicyclic amines) is 1. The number of imide groups is 1. The summed E-state index contributed by atoms with van der Waals surface area (Å²) in [6.45, 7) is 3.50. The molecule has 1 fully saturated rings. The molecule has 1 saturated heterocycles. The normalized spacial score (nSPS) is 22.3. The van der Waals surface area contributed by atoms with Crippen molar-refractivity contribution in [3.05, 3.63) is 48.3 Å². The molecular formula is C16H16FNO3. The van der Waals surface area contributed by atoms with Gasteiger partial charge in [-0.05, 0) is 17.7 Å². The molecule has 0 aliphatic carbocycles. The minimum Gasteiger partial charge on any atom is -0.298 e. The number of hydrogen-bond acceptors (Lipinski definition) is 3. The Morgan fingerprint density at radius 2 is 2.00 bits per heavy atom. The van der Waals surface area contributed by atoms with Crippen molar-refractivity contribution >= 4 is 17.6 Å². The highest BCUT2D eigenvalue weighted by Crippen LogP contribution is 2.35. The van der Waals surface area contributed by atoms with E-state index in [4.69, 9.17) is 0 Å². The fourth-order valence-corrected chi connectivity index (χ4v) is 2.60. The number of amides is 2. The molecule has 2 rings (SSSR count). The van der Waals surface area contributed by atoms with Gasteiger partial charge in [0.25, 0.3) is 0 Å². The van der Waals surface area contributed by atoms with E-state index in [1.54, 1.807) is 0 Å². The van der Waals surface area contributed by atoms with Gasteiger partial charge in [0, 0.05) is 25.8 Å². The first-order chi connectivity index (χ1) is 9.95. The van der Waals surface area contributed by atoms with Gasteiger partial charge in [-0.3, -0.25) is 19.3 Å². The molecule has 5 heteroatoms. The van der Waals surface area contributed by atoms with Gasteiger partial charge in [0.15, 0.2) is 0 Å². The minimum absolute atomic E-state index is 0.0570. The van der Waals surface area contributed by atoms with Crippen LogP contribution in [0.1, 0.15) is 24.3 Å². The number of piperidine rings is 1. The quantitative estimate of drug-likeness (QED) is 0.484. The molecule has 0 saturated carbocycles. The number of hydrogen-bond donors (Lipinski definition) is 0. The van der Waals surface area contributed by atoms with Crippen LogP contribution in [0, 0.1) is 11.7 Å². The number of carbonyl (C=O) groups excluding carboxylic acids is 3. The number of ketones is 1. The molecule has 2 atom stereocenters. The van der Waals surface area contributed by atoms with E-state index in [9.17, 15) is 18.8 Å². The highest BCUT2D eigenvalue weighted by molar-refractivity contribution is 6.10. The van der Waals surface area contributed by atoms with E-state index in [1.165, 1.54) is 37.4 Å². The first kappa shape index (κ1) is 15.1.